The fraction of sp³-hybridized carbons (Fsp3) is 0.455. The Balaban J connectivity index is 2.00. The van der Waals surface area contributed by atoms with E-state index in [1.165, 1.54) is 0 Å². The van der Waals surface area contributed by atoms with Crippen molar-refractivity contribution in [2.45, 2.75) is 18.9 Å². The summed E-state index contributed by atoms with van der Waals surface area (Å²) in [6.45, 7) is 0. The summed E-state index contributed by atoms with van der Waals surface area (Å²) in [6, 6.07) is 0.318. The number of allylic oxidation sites excluding steroid dienone is 2. The maximum Gasteiger partial charge on any atom is 0.303 e. The average molecular weight is 206 g/mol. The Bertz CT molecular complexity index is 358. The molecule has 15 heavy (non-hydrogen) atoms. The minimum Gasteiger partial charge on any atom is -0.481 e. The van der Waals surface area contributed by atoms with Gasteiger partial charge in [0, 0.05) is 25.6 Å². The third kappa shape index (κ3) is 2.09. The zero-order valence-corrected chi connectivity index (χ0v) is 8.63. The van der Waals surface area contributed by atoms with Crippen LogP contribution in [0.3, 0.4) is 0 Å². The first-order chi connectivity index (χ1) is 7.16. The number of fused-ring (bicyclic) bond motifs is 1. The molecule has 1 heterocycles. The lowest BCUT2D eigenvalue weighted by molar-refractivity contribution is -0.136. The molecule has 4 heteroatoms. The van der Waals surface area contributed by atoms with Gasteiger partial charge in [-0.3, -0.25) is 9.80 Å². The van der Waals surface area contributed by atoms with Gasteiger partial charge in [-0.2, -0.15) is 5.10 Å². The van der Waals surface area contributed by atoms with Crippen molar-refractivity contribution in [1.82, 2.24) is 5.01 Å². The van der Waals surface area contributed by atoms with E-state index in [0.717, 1.165) is 5.57 Å². The fourth-order valence-corrected chi connectivity index (χ4v) is 1.93. The number of likely N-dealkylation sites (N-methyl/N-ethyl adjacent to an activating group) is 1. The van der Waals surface area contributed by atoms with Gasteiger partial charge in [0.15, 0.2) is 0 Å². The van der Waals surface area contributed by atoms with E-state index in [2.05, 4.69) is 17.3 Å². The molecule has 0 radical (unpaired) electrons. The summed E-state index contributed by atoms with van der Waals surface area (Å²) in [5, 5.41) is 14.7. The molecule has 4 nitrogen and oxygen atoms in total. The Hall–Kier alpha value is -1.58. The Morgan fingerprint density at radius 1 is 1.67 bits per heavy atom. The summed E-state index contributed by atoms with van der Waals surface area (Å²) in [5.74, 6) is -0.438. The van der Waals surface area contributed by atoms with E-state index in [9.17, 15) is 4.79 Å². The van der Waals surface area contributed by atoms with Crippen molar-refractivity contribution < 1.29 is 9.90 Å². The molecule has 0 aromatic carbocycles. The van der Waals surface area contributed by atoms with Gasteiger partial charge in [-0.15, -0.1) is 0 Å². The maximum atomic E-state index is 10.4. The summed E-state index contributed by atoms with van der Waals surface area (Å²) < 4.78 is 0. The van der Waals surface area contributed by atoms with E-state index < -0.39 is 5.97 Å². The average Bonchev–Trinajstić information content (AvgIpc) is 2.57. The maximum absolute atomic E-state index is 10.4. The first kappa shape index (κ1) is 9.96. The second kappa shape index (κ2) is 3.88. The number of carboxylic acid groups (broad SMARTS) is 1. The molecule has 0 spiro atoms. The lowest BCUT2D eigenvalue weighted by atomic mass is 9.91. The number of aliphatic carboxylic acids is 1. The number of carbonyl (C=O) groups is 1. The predicted octanol–water partition coefficient (Wildman–Crippen LogP) is 1.26. The van der Waals surface area contributed by atoms with Crippen molar-refractivity contribution in [1.29, 1.82) is 0 Å². The van der Waals surface area contributed by atoms with Gasteiger partial charge >= 0.3 is 5.97 Å². The van der Waals surface area contributed by atoms with Crippen molar-refractivity contribution in [3.05, 3.63) is 23.8 Å². The third-order valence-corrected chi connectivity index (χ3v) is 2.79. The van der Waals surface area contributed by atoms with E-state index in [-0.39, 0.29) is 6.42 Å². The smallest absolute Gasteiger partial charge is 0.303 e. The molecule has 0 saturated heterocycles. The molecular weight excluding hydrogens is 192 g/mol. The van der Waals surface area contributed by atoms with Gasteiger partial charge in [0.05, 0.1) is 6.04 Å². The van der Waals surface area contributed by atoms with Crippen molar-refractivity contribution in [3.8, 4) is 0 Å². The molecule has 0 saturated carbocycles. The fourth-order valence-electron chi connectivity index (χ4n) is 1.93. The van der Waals surface area contributed by atoms with E-state index in [1.807, 2.05) is 24.3 Å². The van der Waals surface area contributed by atoms with Gasteiger partial charge in [0.2, 0.25) is 0 Å². The van der Waals surface area contributed by atoms with Crippen LogP contribution >= 0.6 is 0 Å². The van der Waals surface area contributed by atoms with Crippen molar-refractivity contribution >= 4 is 12.2 Å². The lowest BCUT2D eigenvalue weighted by Crippen LogP contribution is -2.28. The molecule has 2 atom stereocenters. The van der Waals surface area contributed by atoms with Gasteiger partial charge in [-0.1, -0.05) is 23.8 Å². The van der Waals surface area contributed by atoms with Crippen LogP contribution in [0.1, 0.15) is 12.8 Å². The van der Waals surface area contributed by atoms with Crippen LogP contribution in [0.25, 0.3) is 0 Å². The first-order valence-corrected chi connectivity index (χ1v) is 5.04. The number of hydrogen-bond acceptors (Lipinski definition) is 3. The number of hydrazone groups is 1. The van der Waals surface area contributed by atoms with Crippen LogP contribution in [0.2, 0.25) is 0 Å². The van der Waals surface area contributed by atoms with Gasteiger partial charge in [-0.05, 0) is 6.42 Å². The Morgan fingerprint density at radius 3 is 3.20 bits per heavy atom. The zero-order chi connectivity index (χ0) is 10.8. The quantitative estimate of drug-likeness (QED) is 0.756. The first-order valence-electron chi connectivity index (χ1n) is 5.04. The third-order valence-electron chi connectivity index (χ3n) is 2.79. The molecular formula is C11H14N2O2. The standard InChI is InChI=1S/C11H14N2O2/c1-13-10-4-2-8(3-5-11(14)15)6-9(10)7-12-13/h2,4,6-7,9-10H,3,5H2,1H3,(H,14,15). The van der Waals surface area contributed by atoms with Crippen LogP contribution in [0, 0.1) is 5.92 Å². The van der Waals surface area contributed by atoms with Gasteiger partial charge in [-0.25, -0.2) is 0 Å². The van der Waals surface area contributed by atoms with Crippen LogP contribution < -0.4 is 0 Å². The van der Waals surface area contributed by atoms with E-state index in [1.54, 1.807) is 0 Å². The molecule has 0 aromatic heterocycles. The highest BCUT2D eigenvalue weighted by atomic mass is 16.4. The highest BCUT2D eigenvalue weighted by molar-refractivity contribution is 5.69. The molecule has 0 aromatic rings. The lowest BCUT2D eigenvalue weighted by Gasteiger charge is -2.23. The second-order valence-corrected chi connectivity index (χ2v) is 3.90. The molecule has 0 amide bonds. The van der Waals surface area contributed by atoms with Crippen LogP contribution in [0.4, 0.5) is 0 Å². The van der Waals surface area contributed by atoms with Gasteiger partial charge < -0.3 is 5.11 Å². The van der Waals surface area contributed by atoms with Crippen LogP contribution in [-0.4, -0.2) is 35.4 Å². The van der Waals surface area contributed by atoms with Crippen molar-refractivity contribution in [3.63, 3.8) is 0 Å². The van der Waals surface area contributed by atoms with Gasteiger partial charge in [0.25, 0.3) is 0 Å². The molecule has 2 rings (SSSR count). The molecule has 1 N–H and O–H groups in total. The largest absolute Gasteiger partial charge is 0.481 e. The molecule has 1 aliphatic heterocycles. The van der Waals surface area contributed by atoms with Crippen molar-refractivity contribution in [2.75, 3.05) is 7.05 Å². The monoisotopic (exact) mass is 206 g/mol. The topological polar surface area (TPSA) is 52.9 Å². The summed E-state index contributed by atoms with van der Waals surface area (Å²) >= 11 is 0. The zero-order valence-electron chi connectivity index (χ0n) is 8.63. The number of hydrogen-bond donors (Lipinski definition) is 1. The normalized spacial score (nSPS) is 27.8. The molecule has 80 valence electrons. The van der Waals surface area contributed by atoms with Crippen molar-refractivity contribution in [2.24, 2.45) is 11.0 Å². The molecule has 0 fully saturated rings. The van der Waals surface area contributed by atoms with E-state index in [4.69, 9.17) is 5.11 Å². The highest BCUT2D eigenvalue weighted by Gasteiger charge is 2.26. The predicted molar refractivity (Wildman–Crippen MR) is 57.6 cm³/mol. The minimum atomic E-state index is -0.747. The summed E-state index contributed by atoms with van der Waals surface area (Å²) in [7, 11) is 1.95. The second-order valence-electron chi connectivity index (χ2n) is 3.90. The van der Waals surface area contributed by atoms with Gasteiger partial charge in [0.1, 0.15) is 0 Å². The number of nitrogens with zero attached hydrogens (tertiary/aromatic N) is 2. The Morgan fingerprint density at radius 2 is 2.47 bits per heavy atom. The van der Waals surface area contributed by atoms with Crippen LogP contribution in [-0.2, 0) is 4.79 Å². The summed E-state index contributed by atoms with van der Waals surface area (Å²) in [4.78, 5) is 10.4. The molecule has 1 aliphatic carbocycles. The van der Waals surface area contributed by atoms with Crippen LogP contribution in [0.15, 0.2) is 28.9 Å². The van der Waals surface area contributed by atoms with E-state index >= 15 is 0 Å². The minimum absolute atomic E-state index is 0.195. The summed E-state index contributed by atoms with van der Waals surface area (Å²) in [6.07, 6.45) is 8.92. The SMILES string of the molecule is CN1N=CC2C=C(CCC(=O)O)C=CC21. The van der Waals surface area contributed by atoms with E-state index in [0.29, 0.717) is 18.4 Å². The van der Waals surface area contributed by atoms with Crippen LogP contribution in [0.5, 0.6) is 0 Å². The number of rotatable bonds is 3. The highest BCUT2D eigenvalue weighted by Crippen LogP contribution is 2.26. The molecule has 2 unspecified atom stereocenters. The molecule has 0 bridgehead atoms. The number of carboxylic acids is 1. The summed E-state index contributed by atoms with van der Waals surface area (Å²) in [5.41, 5.74) is 1.10. The molecule has 2 aliphatic rings. The Kier molecular flexibility index (Phi) is 2.58. The Labute approximate surface area is 88.6 Å².